The summed E-state index contributed by atoms with van der Waals surface area (Å²) in [5.74, 6) is -0.375. The molecule has 0 atom stereocenters. The smallest absolute Gasteiger partial charge is 0.274 e. The first-order chi connectivity index (χ1) is 7.65. The summed E-state index contributed by atoms with van der Waals surface area (Å²) in [5.41, 5.74) is 8.57. The van der Waals surface area contributed by atoms with Gasteiger partial charge in [-0.2, -0.15) is 0 Å². The quantitative estimate of drug-likeness (QED) is 0.464. The summed E-state index contributed by atoms with van der Waals surface area (Å²) in [4.78, 5) is 16.4. The van der Waals surface area contributed by atoms with Crippen LogP contribution < -0.4 is 11.2 Å². The van der Waals surface area contributed by atoms with Gasteiger partial charge >= 0.3 is 0 Å². The molecule has 0 aliphatic carbocycles. The molecule has 3 N–H and O–H groups in total. The predicted molar refractivity (Wildman–Crippen MR) is 61.2 cm³/mol. The molecule has 0 heterocycles. The Morgan fingerprint density at radius 1 is 1.50 bits per heavy atom. The van der Waals surface area contributed by atoms with E-state index in [0.717, 1.165) is 0 Å². The number of anilines is 1. The lowest BCUT2D eigenvalue weighted by Gasteiger charge is -2.06. The lowest BCUT2D eigenvalue weighted by molar-refractivity contribution is 0.00889. The van der Waals surface area contributed by atoms with E-state index in [-0.39, 0.29) is 12.5 Å². The average molecular weight is 245 g/mol. The van der Waals surface area contributed by atoms with Crippen LogP contribution >= 0.6 is 11.6 Å². The molecule has 0 unspecified atom stereocenters. The number of rotatable bonds is 5. The van der Waals surface area contributed by atoms with Crippen molar-refractivity contribution in [1.29, 1.82) is 0 Å². The number of carbonyl (C=O) groups excluding carboxylic acids is 1. The number of nitrogen functional groups attached to an aromatic ring is 1. The second-order valence-corrected chi connectivity index (χ2v) is 3.42. The van der Waals surface area contributed by atoms with Gasteiger partial charge in [0.25, 0.3) is 5.91 Å². The SMILES string of the molecule is COCCONC(=O)c1ccc(Cl)c(N)c1. The van der Waals surface area contributed by atoms with Crippen molar-refractivity contribution in [3.05, 3.63) is 28.8 Å². The Labute approximate surface area is 98.4 Å². The zero-order valence-corrected chi connectivity index (χ0v) is 9.58. The van der Waals surface area contributed by atoms with E-state index in [4.69, 9.17) is 26.9 Å². The lowest BCUT2D eigenvalue weighted by atomic mass is 10.2. The van der Waals surface area contributed by atoms with Crippen molar-refractivity contribution in [2.45, 2.75) is 0 Å². The molecule has 88 valence electrons. The van der Waals surface area contributed by atoms with Crippen LogP contribution in [0.1, 0.15) is 10.4 Å². The minimum Gasteiger partial charge on any atom is -0.398 e. The number of hydrogen-bond acceptors (Lipinski definition) is 4. The van der Waals surface area contributed by atoms with Crippen LogP contribution in [-0.2, 0) is 9.57 Å². The van der Waals surface area contributed by atoms with Gasteiger partial charge in [-0.25, -0.2) is 5.48 Å². The number of methoxy groups -OCH3 is 1. The van der Waals surface area contributed by atoms with Crippen LogP contribution in [0.15, 0.2) is 18.2 Å². The van der Waals surface area contributed by atoms with Crippen LogP contribution in [0.5, 0.6) is 0 Å². The summed E-state index contributed by atoms with van der Waals surface area (Å²) in [7, 11) is 1.55. The molecule has 0 saturated carbocycles. The lowest BCUT2D eigenvalue weighted by Crippen LogP contribution is -2.25. The molecule has 1 aromatic carbocycles. The molecule has 0 fully saturated rings. The van der Waals surface area contributed by atoms with Crippen LogP contribution in [0.3, 0.4) is 0 Å². The molecule has 5 nitrogen and oxygen atoms in total. The van der Waals surface area contributed by atoms with Gasteiger partial charge in [0.2, 0.25) is 0 Å². The number of carbonyl (C=O) groups is 1. The van der Waals surface area contributed by atoms with Crippen LogP contribution in [0, 0.1) is 0 Å². The van der Waals surface area contributed by atoms with Gasteiger partial charge in [-0.1, -0.05) is 11.6 Å². The maximum atomic E-state index is 11.5. The standard InChI is InChI=1S/C10H13ClN2O3/c1-15-4-5-16-13-10(14)7-2-3-8(11)9(12)6-7/h2-3,6H,4-5,12H2,1H3,(H,13,14). The first-order valence-electron chi connectivity index (χ1n) is 4.61. The highest BCUT2D eigenvalue weighted by Gasteiger charge is 2.07. The van der Waals surface area contributed by atoms with Gasteiger partial charge in [0.15, 0.2) is 0 Å². The van der Waals surface area contributed by atoms with Crippen molar-refractivity contribution in [2.75, 3.05) is 26.1 Å². The third-order valence-corrected chi connectivity index (χ3v) is 2.16. The van der Waals surface area contributed by atoms with E-state index in [0.29, 0.717) is 22.9 Å². The fourth-order valence-electron chi connectivity index (χ4n) is 0.985. The Morgan fingerprint density at radius 2 is 2.25 bits per heavy atom. The summed E-state index contributed by atoms with van der Waals surface area (Å²) in [6.45, 7) is 0.689. The monoisotopic (exact) mass is 244 g/mol. The molecule has 0 aliphatic heterocycles. The Hall–Kier alpha value is -1.30. The molecule has 0 aromatic heterocycles. The molecule has 16 heavy (non-hydrogen) atoms. The molecular weight excluding hydrogens is 232 g/mol. The number of benzene rings is 1. The van der Waals surface area contributed by atoms with E-state index in [2.05, 4.69) is 5.48 Å². The van der Waals surface area contributed by atoms with Crippen LogP contribution in [0.4, 0.5) is 5.69 Å². The normalized spacial score (nSPS) is 10.1. The second-order valence-electron chi connectivity index (χ2n) is 3.01. The van der Waals surface area contributed by atoms with Crippen LogP contribution in [0.25, 0.3) is 0 Å². The number of amides is 1. The van der Waals surface area contributed by atoms with Crippen molar-refractivity contribution in [3.8, 4) is 0 Å². The van der Waals surface area contributed by atoms with Crippen molar-refractivity contribution >= 4 is 23.2 Å². The number of hydrogen-bond donors (Lipinski definition) is 2. The van der Waals surface area contributed by atoms with Crippen molar-refractivity contribution in [3.63, 3.8) is 0 Å². The summed E-state index contributed by atoms with van der Waals surface area (Å²) in [6, 6.07) is 4.60. The molecule has 0 saturated heterocycles. The minimum absolute atomic E-state index is 0.283. The first-order valence-corrected chi connectivity index (χ1v) is 4.99. The first kappa shape index (κ1) is 12.8. The van der Waals surface area contributed by atoms with E-state index in [1.54, 1.807) is 19.2 Å². The number of hydroxylamine groups is 1. The molecule has 1 aromatic rings. The highest BCUT2D eigenvalue weighted by Crippen LogP contribution is 2.19. The summed E-state index contributed by atoms with van der Waals surface area (Å²) < 4.78 is 4.75. The molecule has 0 spiro atoms. The minimum atomic E-state index is -0.375. The fourth-order valence-corrected chi connectivity index (χ4v) is 1.10. The van der Waals surface area contributed by atoms with Gasteiger partial charge in [-0.15, -0.1) is 0 Å². The van der Waals surface area contributed by atoms with Crippen molar-refractivity contribution in [1.82, 2.24) is 5.48 Å². The highest BCUT2D eigenvalue weighted by atomic mass is 35.5. The van der Waals surface area contributed by atoms with Gasteiger partial charge in [-0.3, -0.25) is 9.63 Å². The Bertz CT molecular complexity index is 371. The predicted octanol–water partition coefficient (Wildman–Crippen LogP) is 1.23. The van der Waals surface area contributed by atoms with Crippen molar-refractivity contribution < 1.29 is 14.4 Å². The maximum absolute atomic E-state index is 11.5. The van der Waals surface area contributed by atoms with E-state index >= 15 is 0 Å². The average Bonchev–Trinajstić information content (AvgIpc) is 2.28. The summed E-state index contributed by atoms with van der Waals surface area (Å²) in [5, 5.41) is 0.414. The summed E-state index contributed by atoms with van der Waals surface area (Å²) in [6.07, 6.45) is 0. The molecule has 1 amide bonds. The van der Waals surface area contributed by atoms with Gasteiger partial charge in [0.1, 0.15) is 0 Å². The molecule has 0 aliphatic rings. The van der Waals surface area contributed by atoms with Crippen molar-refractivity contribution in [2.24, 2.45) is 0 Å². The Morgan fingerprint density at radius 3 is 2.88 bits per heavy atom. The number of halogens is 1. The molecule has 0 bridgehead atoms. The summed E-state index contributed by atoms with van der Waals surface area (Å²) >= 11 is 5.73. The van der Waals surface area contributed by atoms with E-state index < -0.39 is 0 Å². The third-order valence-electron chi connectivity index (χ3n) is 1.81. The Kier molecular flexibility index (Phi) is 5.04. The molecular formula is C10H13ClN2O3. The van der Waals surface area contributed by atoms with Gasteiger partial charge in [0, 0.05) is 12.7 Å². The fraction of sp³-hybridized carbons (Fsp3) is 0.300. The van der Waals surface area contributed by atoms with Gasteiger partial charge < -0.3 is 10.5 Å². The number of ether oxygens (including phenoxy) is 1. The molecule has 6 heteroatoms. The van der Waals surface area contributed by atoms with E-state index in [9.17, 15) is 4.79 Å². The van der Waals surface area contributed by atoms with Crippen LogP contribution in [-0.4, -0.2) is 26.2 Å². The molecule has 0 radical (unpaired) electrons. The maximum Gasteiger partial charge on any atom is 0.274 e. The van der Waals surface area contributed by atoms with Gasteiger partial charge in [-0.05, 0) is 18.2 Å². The second kappa shape index (κ2) is 6.32. The molecule has 1 rings (SSSR count). The van der Waals surface area contributed by atoms with E-state index in [1.807, 2.05) is 0 Å². The highest BCUT2D eigenvalue weighted by molar-refractivity contribution is 6.33. The van der Waals surface area contributed by atoms with E-state index in [1.165, 1.54) is 6.07 Å². The largest absolute Gasteiger partial charge is 0.398 e. The van der Waals surface area contributed by atoms with Crippen LogP contribution in [0.2, 0.25) is 5.02 Å². The zero-order chi connectivity index (χ0) is 12.0. The number of nitrogens with two attached hydrogens (primary N) is 1. The zero-order valence-electron chi connectivity index (χ0n) is 8.83. The Balaban J connectivity index is 2.50. The van der Waals surface area contributed by atoms with Gasteiger partial charge in [0.05, 0.1) is 23.9 Å². The topological polar surface area (TPSA) is 73.6 Å². The number of nitrogens with one attached hydrogen (secondary N) is 1. The third kappa shape index (κ3) is 3.69.